The zero-order valence-electron chi connectivity index (χ0n) is 8.04. The zero-order valence-corrected chi connectivity index (χ0v) is 8.04. The number of aromatic hydroxyl groups is 1. The molecule has 3 heteroatoms. The molecule has 0 fully saturated rings. The van der Waals surface area contributed by atoms with Crippen molar-refractivity contribution in [3.63, 3.8) is 0 Å². The number of benzene rings is 2. The van der Waals surface area contributed by atoms with E-state index in [-0.39, 0.29) is 5.75 Å². The minimum atomic E-state index is 0.230. The van der Waals surface area contributed by atoms with Gasteiger partial charge in [-0.15, -0.1) is 0 Å². The molecular formula is C12H10N2O. The van der Waals surface area contributed by atoms with Crippen LogP contribution in [0.1, 0.15) is 0 Å². The van der Waals surface area contributed by atoms with Gasteiger partial charge in [0, 0.05) is 0 Å². The third kappa shape index (κ3) is 2.64. The number of azo groups is 1. The molecule has 0 bridgehead atoms. The summed E-state index contributed by atoms with van der Waals surface area (Å²) in [6.07, 6.45) is 0. The number of hydrogen-bond donors (Lipinski definition) is 1. The Morgan fingerprint density at radius 3 is 2.20 bits per heavy atom. The van der Waals surface area contributed by atoms with Gasteiger partial charge < -0.3 is 5.11 Å². The molecule has 3 nitrogen and oxygen atoms in total. The van der Waals surface area contributed by atoms with E-state index in [2.05, 4.69) is 10.2 Å². The highest BCUT2D eigenvalue weighted by molar-refractivity contribution is 5.42. The summed E-state index contributed by atoms with van der Waals surface area (Å²) < 4.78 is 0. The molecule has 0 heterocycles. The molecule has 0 aliphatic carbocycles. The minimum absolute atomic E-state index is 0.230. The van der Waals surface area contributed by atoms with Crippen LogP contribution < -0.4 is 0 Å². The molecule has 0 radical (unpaired) electrons. The van der Waals surface area contributed by atoms with Gasteiger partial charge in [-0.2, -0.15) is 10.2 Å². The maximum atomic E-state index is 9.07. The Kier molecular flexibility index (Phi) is 2.74. The van der Waals surface area contributed by atoms with Crippen molar-refractivity contribution < 1.29 is 5.11 Å². The molecule has 2 aromatic carbocycles. The van der Waals surface area contributed by atoms with Crippen LogP contribution in [0.25, 0.3) is 0 Å². The van der Waals surface area contributed by atoms with Crippen molar-refractivity contribution in [2.24, 2.45) is 10.2 Å². The molecule has 0 saturated carbocycles. The lowest BCUT2D eigenvalue weighted by Crippen LogP contribution is -1.64. The van der Waals surface area contributed by atoms with Crippen LogP contribution in [0.15, 0.2) is 64.8 Å². The zero-order chi connectivity index (χ0) is 10.5. The maximum Gasteiger partial charge on any atom is 0.115 e. The van der Waals surface area contributed by atoms with E-state index in [4.69, 9.17) is 5.11 Å². The quantitative estimate of drug-likeness (QED) is 0.731. The lowest BCUT2D eigenvalue weighted by atomic mass is 10.3. The number of phenols is 1. The van der Waals surface area contributed by atoms with Crippen LogP contribution in [0.5, 0.6) is 5.75 Å². The van der Waals surface area contributed by atoms with Gasteiger partial charge in [0.1, 0.15) is 5.75 Å². The lowest BCUT2D eigenvalue weighted by molar-refractivity contribution is 0.475. The molecule has 0 atom stereocenters. The first-order chi connectivity index (χ1) is 7.34. The minimum Gasteiger partial charge on any atom is -0.508 e. The van der Waals surface area contributed by atoms with Crippen molar-refractivity contribution in [3.05, 3.63) is 54.6 Å². The first kappa shape index (κ1) is 9.40. The summed E-state index contributed by atoms with van der Waals surface area (Å²) in [6.45, 7) is 0. The van der Waals surface area contributed by atoms with Crippen molar-refractivity contribution in [2.45, 2.75) is 0 Å². The fourth-order valence-corrected chi connectivity index (χ4v) is 1.13. The van der Waals surface area contributed by atoms with Crippen LogP contribution in [0.2, 0.25) is 0 Å². The summed E-state index contributed by atoms with van der Waals surface area (Å²) in [7, 11) is 0. The van der Waals surface area contributed by atoms with Crippen LogP contribution in [-0.2, 0) is 0 Å². The van der Waals surface area contributed by atoms with Gasteiger partial charge in [0.05, 0.1) is 11.4 Å². The Labute approximate surface area is 87.7 Å². The molecule has 1 N–H and O–H groups in total. The summed E-state index contributed by atoms with van der Waals surface area (Å²) in [6, 6.07) is 16.1. The van der Waals surface area contributed by atoms with E-state index in [0.29, 0.717) is 0 Å². The van der Waals surface area contributed by atoms with Gasteiger partial charge in [0.2, 0.25) is 0 Å². The molecule has 2 aromatic rings. The van der Waals surface area contributed by atoms with E-state index in [1.54, 1.807) is 24.3 Å². The van der Waals surface area contributed by atoms with Crippen LogP contribution in [0, 0.1) is 0 Å². The van der Waals surface area contributed by atoms with Gasteiger partial charge >= 0.3 is 0 Å². The molecule has 0 aliphatic heterocycles. The first-order valence-electron chi connectivity index (χ1n) is 4.60. The predicted molar refractivity (Wildman–Crippen MR) is 58.7 cm³/mol. The van der Waals surface area contributed by atoms with E-state index in [9.17, 15) is 0 Å². The Morgan fingerprint density at radius 2 is 1.53 bits per heavy atom. The summed E-state index contributed by atoms with van der Waals surface area (Å²) in [4.78, 5) is 0. The second kappa shape index (κ2) is 4.37. The number of nitrogens with zero attached hydrogens (tertiary/aromatic N) is 2. The van der Waals surface area contributed by atoms with Gasteiger partial charge in [-0.3, -0.25) is 0 Å². The highest BCUT2D eigenvalue weighted by Gasteiger charge is 1.90. The van der Waals surface area contributed by atoms with Crippen molar-refractivity contribution in [1.29, 1.82) is 0 Å². The summed E-state index contributed by atoms with van der Waals surface area (Å²) in [5.41, 5.74) is 1.53. The third-order valence-corrected chi connectivity index (χ3v) is 1.89. The molecule has 0 aliphatic rings. The predicted octanol–water partition coefficient (Wildman–Crippen LogP) is 3.81. The number of rotatable bonds is 2. The van der Waals surface area contributed by atoms with Crippen LogP contribution in [0.3, 0.4) is 0 Å². The second-order valence-electron chi connectivity index (χ2n) is 3.05. The van der Waals surface area contributed by atoms with Gasteiger partial charge in [-0.1, -0.05) is 18.2 Å². The highest BCUT2D eigenvalue weighted by atomic mass is 16.3. The van der Waals surface area contributed by atoms with Crippen molar-refractivity contribution in [2.75, 3.05) is 0 Å². The van der Waals surface area contributed by atoms with Crippen LogP contribution in [-0.4, -0.2) is 5.11 Å². The standard InChI is InChI=1S/C12H10N2O/c15-12-8-6-11(7-9-12)14-13-10-4-2-1-3-5-10/h1-9,15H/i14-1. The largest absolute Gasteiger partial charge is 0.508 e. The summed E-state index contributed by atoms with van der Waals surface area (Å²) in [5.74, 6) is 0.230. The normalized spacial score (nSPS) is 10.7. The van der Waals surface area contributed by atoms with E-state index in [1.807, 2.05) is 30.3 Å². The van der Waals surface area contributed by atoms with Crippen molar-refractivity contribution in [3.8, 4) is 5.75 Å². The Morgan fingerprint density at radius 1 is 0.867 bits per heavy atom. The van der Waals surface area contributed by atoms with Gasteiger partial charge in [-0.05, 0) is 36.4 Å². The Balaban J connectivity index is 2.15. The molecule has 0 spiro atoms. The van der Waals surface area contributed by atoms with E-state index >= 15 is 0 Å². The van der Waals surface area contributed by atoms with Crippen LogP contribution >= 0.6 is 0 Å². The molecule has 0 saturated heterocycles. The van der Waals surface area contributed by atoms with Crippen LogP contribution in [0.4, 0.5) is 11.4 Å². The SMILES string of the molecule is Oc1ccc([13N]=Nc2ccccc2)cc1. The summed E-state index contributed by atoms with van der Waals surface area (Å²) in [5, 5.41) is 17.2. The molecule has 74 valence electrons. The first-order valence-corrected chi connectivity index (χ1v) is 4.60. The fourth-order valence-electron chi connectivity index (χ4n) is 1.13. The smallest absolute Gasteiger partial charge is 0.115 e. The number of hydrogen-bond acceptors (Lipinski definition) is 3. The topological polar surface area (TPSA) is 45.0 Å². The average Bonchev–Trinajstić information content (AvgIpc) is 2.30. The van der Waals surface area contributed by atoms with E-state index in [0.717, 1.165) is 11.4 Å². The lowest BCUT2D eigenvalue weighted by Gasteiger charge is -1.93. The van der Waals surface area contributed by atoms with E-state index in [1.165, 1.54) is 0 Å². The van der Waals surface area contributed by atoms with Gasteiger partial charge in [0.15, 0.2) is 0 Å². The molecule has 0 aromatic heterocycles. The van der Waals surface area contributed by atoms with Crippen molar-refractivity contribution in [1.82, 2.24) is 0 Å². The molecule has 0 unspecified atom stereocenters. The average molecular weight is 197 g/mol. The number of phenolic OH excluding ortho intramolecular Hbond substituents is 1. The second-order valence-corrected chi connectivity index (χ2v) is 3.05. The Hall–Kier alpha value is -2.16. The molecule has 2 rings (SSSR count). The Bertz CT molecular complexity index is 449. The fraction of sp³-hybridized carbons (Fsp3) is 0. The maximum absolute atomic E-state index is 9.07. The molecular weight excluding hydrogens is 187 g/mol. The van der Waals surface area contributed by atoms with Gasteiger partial charge in [-0.25, -0.2) is 0 Å². The molecule has 0 amide bonds. The monoisotopic (exact) mass is 197 g/mol. The summed E-state index contributed by atoms with van der Waals surface area (Å²) >= 11 is 0. The third-order valence-electron chi connectivity index (χ3n) is 1.89. The molecule has 15 heavy (non-hydrogen) atoms. The van der Waals surface area contributed by atoms with Crippen molar-refractivity contribution >= 4 is 11.4 Å². The van der Waals surface area contributed by atoms with E-state index < -0.39 is 0 Å². The van der Waals surface area contributed by atoms with Gasteiger partial charge in [0.25, 0.3) is 0 Å². The highest BCUT2D eigenvalue weighted by Crippen LogP contribution is 2.19.